The summed E-state index contributed by atoms with van der Waals surface area (Å²) < 4.78 is 38.2. The van der Waals surface area contributed by atoms with Gasteiger partial charge < -0.3 is 9.84 Å². The van der Waals surface area contributed by atoms with Crippen LogP contribution in [0.3, 0.4) is 0 Å². The van der Waals surface area contributed by atoms with Gasteiger partial charge in [0, 0.05) is 0 Å². The number of hydrogen-bond donors (Lipinski definition) is 1. The van der Waals surface area contributed by atoms with E-state index in [-0.39, 0.29) is 40.2 Å². The van der Waals surface area contributed by atoms with E-state index in [1.165, 1.54) is 57.4 Å². The Hall–Kier alpha value is -1.05. The van der Waals surface area contributed by atoms with E-state index in [1.54, 1.807) is 24.3 Å². The normalized spacial score (nSPS) is 11.2. The van der Waals surface area contributed by atoms with E-state index < -0.39 is 15.9 Å². The van der Waals surface area contributed by atoms with E-state index in [0.717, 1.165) is 25.3 Å². The van der Waals surface area contributed by atoms with Gasteiger partial charge in [-0.3, -0.25) is 4.55 Å². The third-order valence-corrected chi connectivity index (χ3v) is 6.25. The van der Waals surface area contributed by atoms with Gasteiger partial charge in [-0.25, -0.2) is 0 Å². The predicted molar refractivity (Wildman–Crippen MR) is 122 cm³/mol. The molecule has 2 rings (SSSR count). The molecule has 1 N–H and O–H groups in total. The van der Waals surface area contributed by atoms with Gasteiger partial charge in [-0.1, -0.05) is 95.1 Å². The van der Waals surface area contributed by atoms with E-state index in [4.69, 9.17) is 4.74 Å². The summed E-state index contributed by atoms with van der Waals surface area (Å²) in [4.78, 5) is -0.379. The van der Waals surface area contributed by atoms with Crippen LogP contribution in [0.2, 0.25) is 0 Å². The Balaban J connectivity index is 0.00000512. The van der Waals surface area contributed by atoms with Crippen LogP contribution >= 0.6 is 0 Å². The van der Waals surface area contributed by atoms with Gasteiger partial charge >= 0.3 is 29.6 Å². The van der Waals surface area contributed by atoms with Crippen molar-refractivity contribution >= 4 is 10.1 Å². The minimum Gasteiger partial charge on any atom is -0.870 e. The summed E-state index contributed by atoms with van der Waals surface area (Å²) in [5.74, 6) is 0.0992. The molecule has 0 aliphatic heterocycles. The van der Waals surface area contributed by atoms with Gasteiger partial charge in [0.25, 0.3) is 10.1 Å². The maximum atomic E-state index is 12.5. The molecule has 32 heavy (non-hydrogen) atoms. The molecule has 0 heterocycles. The second-order valence-corrected chi connectivity index (χ2v) is 9.51. The van der Waals surface area contributed by atoms with Crippen molar-refractivity contribution in [3.63, 3.8) is 0 Å². The molecule has 7 heteroatoms. The van der Waals surface area contributed by atoms with Crippen LogP contribution in [0.4, 0.5) is 0 Å². The van der Waals surface area contributed by atoms with E-state index in [9.17, 15) is 18.1 Å². The second-order valence-electron chi connectivity index (χ2n) is 8.09. The van der Waals surface area contributed by atoms with Crippen LogP contribution in [0.15, 0.2) is 47.4 Å². The van der Waals surface area contributed by atoms with Crippen molar-refractivity contribution < 1.29 is 52.4 Å². The quantitative estimate of drug-likeness (QED) is 0.244. The fraction of sp³-hybridized carbons (Fsp3) is 0.520. The van der Waals surface area contributed by atoms with Crippen molar-refractivity contribution in [2.75, 3.05) is 0 Å². The van der Waals surface area contributed by atoms with E-state index in [1.807, 2.05) is 6.07 Å². The van der Waals surface area contributed by atoms with Crippen molar-refractivity contribution in [1.29, 1.82) is 0 Å². The predicted octanol–water partition coefficient (Wildman–Crippen LogP) is 3.66. The van der Waals surface area contributed by atoms with Crippen LogP contribution < -0.4 is 39.4 Å². The fourth-order valence-corrected chi connectivity index (χ4v) is 4.22. The molecule has 5 nitrogen and oxygen atoms in total. The second kappa shape index (κ2) is 15.7. The summed E-state index contributed by atoms with van der Waals surface area (Å²) >= 11 is 0. The molecule has 0 amide bonds. The fourth-order valence-electron chi connectivity index (χ4n) is 3.67. The smallest absolute Gasteiger partial charge is 0.870 e. The monoisotopic (exact) mass is 470 g/mol. The third kappa shape index (κ3) is 10.7. The first-order valence-corrected chi connectivity index (χ1v) is 12.9. The SMILES string of the molecule is CCCCCCCCCCCCCc1cc(S(=O)(=O)O)cc([O-])c1Oc1ccccc1.[Na+]. The molecule has 0 atom stereocenters. The number of benzene rings is 2. The topological polar surface area (TPSA) is 86.7 Å². The molecule has 172 valence electrons. The number of para-hydroxylation sites is 1. The van der Waals surface area contributed by atoms with Crippen molar-refractivity contribution in [2.24, 2.45) is 0 Å². The Morgan fingerprint density at radius 1 is 0.844 bits per heavy atom. The van der Waals surface area contributed by atoms with Crippen LogP contribution in [0.5, 0.6) is 17.2 Å². The zero-order valence-electron chi connectivity index (χ0n) is 19.5. The summed E-state index contributed by atoms with van der Waals surface area (Å²) in [5.41, 5.74) is 0.514. The molecule has 0 bridgehead atoms. The van der Waals surface area contributed by atoms with E-state index in [0.29, 0.717) is 17.7 Å². The van der Waals surface area contributed by atoms with Gasteiger partial charge in [0.2, 0.25) is 0 Å². The zero-order chi connectivity index (χ0) is 22.5. The Morgan fingerprint density at radius 3 is 1.91 bits per heavy atom. The molecule has 0 aromatic heterocycles. The maximum Gasteiger partial charge on any atom is 1.00 e. The average Bonchev–Trinajstić information content (AvgIpc) is 2.74. The Morgan fingerprint density at radius 2 is 1.38 bits per heavy atom. The van der Waals surface area contributed by atoms with Gasteiger partial charge in [0.05, 0.1) is 4.90 Å². The van der Waals surface area contributed by atoms with Crippen molar-refractivity contribution in [3.05, 3.63) is 48.0 Å². The summed E-state index contributed by atoms with van der Waals surface area (Å²) in [6, 6.07) is 11.2. The third-order valence-electron chi connectivity index (χ3n) is 5.42. The maximum absolute atomic E-state index is 12.5. The molecule has 0 aliphatic rings. The number of aryl methyl sites for hydroxylation is 1. The molecule has 0 aliphatic carbocycles. The van der Waals surface area contributed by atoms with Gasteiger partial charge in [-0.2, -0.15) is 8.42 Å². The van der Waals surface area contributed by atoms with Crippen molar-refractivity contribution in [1.82, 2.24) is 0 Å². The first kappa shape index (κ1) is 29.0. The molecule has 0 saturated heterocycles. The van der Waals surface area contributed by atoms with Crippen LogP contribution in [0, 0.1) is 0 Å². The molecule has 0 saturated carbocycles. The Kier molecular flexibility index (Phi) is 14.2. The minimum absolute atomic E-state index is 0. The largest absolute Gasteiger partial charge is 1.00 e. The molecular weight excluding hydrogens is 435 g/mol. The standard InChI is InChI=1S/C25H36O5S.Na/c1-2-3-4-5-6-7-8-9-10-11-13-16-21-19-23(31(27,28)29)20-24(26)25(21)30-22-17-14-12-15-18-22;/h12,14-15,17-20,26H,2-11,13,16H2,1H3,(H,27,28,29);/q;+1/p-1. The summed E-state index contributed by atoms with van der Waals surface area (Å²) in [6.45, 7) is 2.23. The van der Waals surface area contributed by atoms with Crippen LogP contribution in [-0.4, -0.2) is 13.0 Å². The number of unbranched alkanes of at least 4 members (excludes halogenated alkanes) is 10. The minimum atomic E-state index is -4.45. The molecular formula is C25H35NaO5S. The molecule has 0 radical (unpaired) electrons. The van der Waals surface area contributed by atoms with Crippen molar-refractivity contribution in [2.45, 2.75) is 88.9 Å². The van der Waals surface area contributed by atoms with Crippen LogP contribution in [0.25, 0.3) is 0 Å². The van der Waals surface area contributed by atoms with Crippen LogP contribution in [0.1, 0.15) is 83.1 Å². The molecule has 2 aromatic rings. The Bertz CT molecular complexity index is 885. The van der Waals surface area contributed by atoms with Gasteiger partial charge in [-0.05, 0) is 42.7 Å². The average molecular weight is 471 g/mol. The van der Waals surface area contributed by atoms with Gasteiger partial charge in [-0.15, -0.1) is 0 Å². The molecule has 0 spiro atoms. The summed E-state index contributed by atoms with van der Waals surface area (Å²) in [6.07, 6.45) is 13.8. The van der Waals surface area contributed by atoms with Crippen molar-refractivity contribution in [3.8, 4) is 17.2 Å². The van der Waals surface area contributed by atoms with Gasteiger partial charge in [0.15, 0.2) is 0 Å². The number of hydrogen-bond acceptors (Lipinski definition) is 4. The van der Waals surface area contributed by atoms with Crippen LogP contribution in [-0.2, 0) is 16.5 Å². The van der Waals surface area contributed by atoms with Gasteiger partial charge in [0.1, 0.15) is 11.5 Å². The summed E-state index contributed by atoms with van der Waals surface area (Å²) in [5, 5.41) is 12.5. The summed E-state index contributed by atoms with van der Waals surface area (Å²) in [7, 11) is -4.45. The zero-order valence-corrected chi connectivity index (χ0v) is 22.3. The first-order chi connectivity index (χ1) is 14.9. The molecule has 0 fully saturated rings. The molecule has 0 unspecified atom stereocenters. The Labute approximate surface area is 215 Å². The number of rotatable bonds is 15. The first-order valence-electron chi connectivity index (χ1n) is 11.5. The van der Waals surface area contributed by atoms with E-state index in [2.05, 4.69) is 6.92 Å². The van der Waals surface area contributed by atoms with E-state index >= 15 is 0 Å². The number of ether oxygens (including phenoxy) is 1. The molecule has 2 aromatic carbocycles.